The molecule has 3 fully saturated rings. The van der Waals surface area contributed by atoms with Crippen LogP contribution in [0.3, 0.4) is 0 Å². The summed E-state index contributed by atoms with van der Waals surface area (Å²) in [6, 6.07) is 10.4. The number of sulfone groups is 1. The molecular weight excluding hydrogens is 496 g/mol. The number of piperidine rings is 1. The van der Waals surface area contributed by atoms with Gasteiger partial charge in [0.15, 0.2) is 9.84 Å². The van der Waals surface area contributed by atoms with Crippen LogP contribution in [-0.4, -0.2) is 50.2 Å². The van der Waals surface area contributed by atoms with Crippen molar-refractivity contribution in [1.29, 1.82) is 0 Å². The quantitative estimate of drug-likeness (QED) is 0.492. The molecule has 2 aromatic rings. The number of anilines is 3. The molecule has 8 heteroatoms. The molecule has 1 N–H and O–H groups in total. The molecule has 2 saturated heterocycles. The standard InChI is InChI=1S/C30H42N4O3S/c1-28(2,3)21-38(36,37)23-9-6-8-22(20-23)31-27(35)24-10-11-25(34-17-7-12-29(34,4)5)32-26(24)33-18-15-30(13-14-30)16-19-33/h6,8-11,20H,7,12-19,21H2,1-5H3,(H,31,35). The van der Waals surface area contributed by atoms with E-state index in [1.807, 2.05) is 32.9 Å². The predicted octanol–water partition coefficient (Wildman–Crippen LogP) is 5.91. The number of rotatable bonds is 6. The Bertz CT molecular complexity index is 1320. The maximum absolute atomic E-state index is 13.6. The Kier molecular flexibility index (Phi) is 6.77. The number of amides is 1. The van der Waals surface area contributed by atoms with Gasteiger partial charge >= 0.3 is 0 Å². The molecule has 0 unspecified atom stereocenters. The fourth-order valence-electron chi connectivity index (χ4n) is 6.03. The molecule has 0 atom stereocenters. The first-order valence-corrected chi connectivity index (χ1v) is 15.6. The molecule has 7 nitrogen and oxygen atoms in total. The van der Waals surface area contributed by atoms with Gasteiger partial charge in [0.25, 0.3) is 5.91 Å². The number of hydrogen-bond donors (Lipinski definition) is 1. The fourth-order valence-corrected chi connectivity index (χ4v) is 7.93. The Morgan fingerprint density at radius 3 is 2.32 bits per heavy atom. The smallest absolute Gasteiger partial charge is 0.259 e. The summed E-state index contributed by atoms with van der Waals surface area (Å²) in [6.07, 6.45) is 7.17. The lowest BCUT2D eigenvalue weighted by Crippen LogP contribution is -2.40. The molecule has 2 aliphatic heterocycles. The van der Waals surface area contributed by atoms with Gasteiger partial charge in [0.1, 0.15) is 11.6 Å². The third-order valence-electron chi connectivity index (χ3n) is 8.44. The first-order chi connectivity index (χ1) is 17.8. The van der Waals surface area contributed by atoms with E-state index in [1.165, 1.54) is 12.8 Å². The number of nitrogens with one attached hydrogen (secondary N) is 1. The lowest BCUT2D eigenvalue weighted by Gasteiger charge is -2.36. The molecule has 1 aromatic carbocycles. The molecule has 5 rings (SSSR count). The number of nitrogens with zero attached hydrogens (tertiary/aromatic N) is 3. The van der Waals surface area contributed by atoms with E-state index in [-0.39, 0.29) is 27.5 Å². The second-order valence-corrected chi connectivity index (χ2v) is 15.4. The molecule has 3 heterocycles. The van der Waals surface area contributed by atoms with Crippen LogP contribution in [0.15, 0.2) is 41.3 Å². The van der Waals surface area contributed by atoms with Crippen LogP contribution in [0.4, 0.5) is 17.3 Å². The Balaban J connectivity index is 1.43. The van der Waals surface area contributed by atoms with Crippen molar-refractivity contribution < 1.29 is 13.2 Å². The van der Waals surface area contributed by atoms with Crippen LogP contribution in [0.25, 0.3) is 0 Å². The van der Waals surface area contributed by atoms with Gasteiger partial charge in [0, 0.05) is 30.9 Å². The molecule has 1 aromatic heterocycles. The van der Waals surface area contributed by atoms with Gasteiger partial charge in [-0.2, -0.15) is 0 Å². The summed E-state index contributed by atoms with van der Waals surface area (Å²) in [6.45, 7) is 13.0. The van der Waals surface area contributed by atoms with Crippen LogP contribution < -0.4 is 15.1 Å². The van der Waals surface area contributed by atoms with E-state index >= 15 is 0 Å². The van der Waals surface area contributed by atoms with Gasteiger partial charge in [-0.25, -0.2) is 13.4 Å². The summed E-state index contributed by atoms with van der Waals surface area (Å²) in [5.74, 6) is 1.42. The fraction of sp³-hybridized carbons (Fsp3) is 0.600. The summed E-state index contributed by atoms with van der Waals surface area (Å²) in [4.78, 5) is 23.6. The van der Waals surface area contributed by atoms with Gasteiger partial charge in [0.2, 0.25) is 0 Å². The average Bonchev–Trinajstić information content (AvgIpc) is 3.49. The van der Waals surface area contributed by atoms with Gasteiger partial charge in [-0.1, -0.05) is 26.8 Å². The SMILES string of the molecule is CC(C)(C)CS(=O)(=O)c1cccc(NC(=O)c2ccc(N3CCCC3(C)C)nc2N2CCC3(CC2)CC3)c1. The van der Waals surface area contributed by atoms with E-state index in [4.69, 9.17) is 4.98 Å². The van der Waals surface area contributed by atoms with Crippen molar-refractivity contribution >= 4 is 33.1 Å². The van der Waals surface area contributed by atoms with Gasteiger partial charge in [-0.3, -0.25) is 4.79 Å². The van der Waals surface area contributed by atoms with Gasteiger partial charge < -0.3 is 15.1 Å². The number of benzene rings is 1. The highest BCUT2D eigenvalue weighted by molar-refractivity contribution is 7.91. The number of aromatic nitrogens is 1. The van der Waals surface area contributed by atoms with Crippen LogP contribution in [0.2, 0.25) is 0 Å². The predicted molar refractivity (Wildman–Crippen MR) is 154 cm³/mol. The van der Waals surface area contributed by atoms with Crippen LogP contribution in [0.5, 0.6) is 0 Å². The Hall–Kier alpha value is -2.61. The van der Waals surface area contributed by atoms with E-state index in [9.17, 15) is 13.2 Å². The lowest BCUT2D eigenvalue weighted by molar-refractivity contribution is 0.102. The summed E-state index contributed by atoms with van der Waals surface area (Å²) < 4.78 is 25.9. The zero-order valence-corrected chi connectivity index (χ0v) is 24.3. The third kappa shape index (κ3) is 5.70. The molecule has 3 aliphatic rings. The van der Waals surface area contributed by atoms with Crippen molar-refractivity contribution in [2.75, 3.05) is 40.5 Å². The number of pyridine rings is 1. The zero-order valence-electron chi connectivity index (χ0n) is 23.5. The van der Waals surface area contributed by atoms with E-state index in [0.717, 1.165) is 57.0 Å². The normalized spacial score (nSPS) is 20.6. The van der Waals surface area contributed by atoms with Gasteiger partial charge in [-0.05, 0) is 93.5 Å². The van der Waals surface area contributed by atoms with Crippen LogP contribution in [0, 0.1) is 10.8 Å². The minimum atomic E-state index is -3.47. The third-order valence-corrected chi connectivity index (χ3v) is 10.7. The van der Waals surface area contributed by atoms with E-state index in [1.54, 1.807) is 24.3 Å². The van der Waals surface area contributed by atoms with Crippen molar-refractivity contribution in [1.82, 2.24) is 4.98 Å². The molecule has 1 saturated carbocycles. The zero-order chi connectivity index (χ0) is 27.3. The maximum Gasteiger partial charge on any atom is 0.259 e. The van der Waals surface area contributed by atoms with Gasteiger partial charge in [-0.15, -0.1) is 0 Å². The van der Waals surface area contributed by atoms with Crippen molar-refractivity contribution in [3.8, 4) is 0 Å². The van der Waals surface area contributed by atoms with Gasteiger partial charge in [0.05, 0.1) is 16.2 Å². The largest absolute Gasteiger partial charge is 0.356 e. The first kappa shape index (κ1) is 27.0. The van der Waals surface area contributed by atoms with E-state index in [2.05, 4.69) is 29.0 Å². The number of carbonyl (C=O) groups excluding carboxylic acids is 1. The molecule has 1 aliphatic carbocycles. The Morgan fingerprint density at radius 1 is 1.00 bits per heavy atom. The highest BCUT2D eigenvalue weighted by Crippen LogP contribution is 2.54. The van der Waals surface area contributed by atoms with Crippen LogP contribution >= 0.6 is 0 Å². The Morgan fingerprint density at radius 2 is 1.71 bits per heavy atom. The summed E-state index contributed by atoms with van der Waals surface area (Å²) >= 11 is 0. The van der Waals surface area contributed by atoms with Crippen molar-refractivity contribution in [2.24, 2.45) is 10.8 Å². The molecular formula is C30H42N4O3S. The molecule has 0 radical (unpaired) electrons. The number of carbonyl (C=O) groups is 1. The first-order valence-electron chi connectivity index (χ1n) is 14.0. The summed E-state index contributed by atoms with van der Waals surface area (Å²) in [7, 11) is -3.47. The van der Waals surface area contributed by atoms with Crippen molar-refractivity contribution in [3.63, 3.8) is 0 Å². The molecule has 1 amide bonds. The van der Waals surface area contributed by atoms with Crippen LogP contribution in [0.1, 0.15) is 83.5 Å². The van der Waals surface area contributed by atoms with E-state index < -0.39 is 9.84 Å². The topological polar surface area (TPSA) is 82.6 Å². The average molecular weight is 539 g/mol. The minimum Gasteiger partial charge on any atom is -0.356 e. The van der Waals surface area contributed by atoms with Crippen LogP contribution in [-0.2, 0) is 9.84 Å². The second kappa shape index (κ2) is 9.54. The monoisotopic (exact) mass is 538 g/mol. The highest BCUT2D eigenvalue weighted by atomic mass is 32.2. The molecule has 38 heavy (non-hydrogen) atoms. The maximum atomic E-state index is 13.6. The highest BCUT2D eigenvalue weighted by Gasteiger charge is 2.45. The second-order valence-electron chi connectivity index (χ2n) is 13.4. The molecule has 0 bridgehead atoms. The van der Waals surface area contributed by atoms with Crippen molar-refractivity contribution in [2.45, 2.75) is 83.6 Å². The number of hydrogen-bond acceptors (Lipinski definition) is 6. The molecule has 1 spiro atoms. The Labute approximate surface area is 227 Å². The summed E-state index contributed by atoms with van der Waals surface area (Å²) in [5, 5.41) is 2.96. The lowest BCUT2D eigenvalue weighted by atomic mass is 9.93. The van der Waals surface area contributed by atoms with E-state index in [0.29, 0.717) is 16.7 Å². The summed E-state index contributed by atoms with van der Waals surface area (Å²) in [5.41, 5.74) is 1.19. The minimum absolute atomic E-state index is 0.0347. The van der Waals surface area contributed by atoms with Crippen molar-refractivity contribution in [3.05, 3.63) is 42.0 Å². The molecule has 206 valence electrons.